The molecule has 4 heterocycles. The predicted molar refractivity (Wildman–Crippen MR) is 172 cm³/mol. The van der Waals surface area contributed by atoms with Crippen molar-refractivity contribution in [2.45, 2.75) is 38.5 Å². The number of piperidine rings is 2. The van der Waals surface area contributed by atoms with Gasteiger partial charge in [0.1, 0.15) is 17.2 Å². The van der Waals surface area contributed by atoms with Crippen molar-refractivity contribution in [2.24, 2.45) is 11.8 Å². The van der Waals surface area contributed by atoms with Crippen molar-refractivity contribution in [2.75, 3.05) is 36.0 Å². The Morgan fingerprint density at radius 1 is 0.630 bits per heavy atom. The van der Waals surface area contributed by atoms with Crippen LogP contribution in [0.25, 0.3) is 11.4 Å². The van der Waals surface area contributed by atoms with Crippen LogP contribution in [0.3, 0.4) is 0 Å². The van der Waals surface area contributed by atoms with Crippen molar-refractivity contribution in [1.29, 1.82) is 0 Å². The fraction of sp³-hybridized carbons (Fsp3) is 0.387. The Hall–Kier alpha value is -2.99. The van der Waals surface area contributed by atoms with Crippen molar-refractivity contribution in [3.8, 4) is 11.4 Å². The van der Waals surface area contributed by atoms with E-state index in [1.807, 2.05) is 9.80 Å². The van der Waals surface area contributed by atoms with Gasteiger partial charge in [-0.1, -0.05) is 46.4 Å². The van der Waals surface area contributed by atoms with E-state index in [2.05, 4.69) is 10.2 Å². The highest BCUT2D eigenvalue weighted by Gasteiger charge is 2.34. The zero-order valence-electron chi connectivity index (χ0n) is 24.2. The van der Waals surface area contributed by atoms with Crippen LogP contribution in [-0.2, 0) is 4.79 Å². The summed E-state index contributed by atoms with van der Waals surface area (Å²) in [6.45, 7) is 1.96. The zero-order chi connectivity index (χ0) is 32.7. The van der Waals surface area contributed by atoms with E-state index in [1.165, 1.54) is 24.3 Å². The molecule has 0 spiro atoms. The molecule has 2 saturated heterocycles. The number of alkyl halides is 4. The van der Waals surface area contributed by atoms with Gasteiger partial charge in [-0.15, -0.1) is 10.2 Å². The third-order valence-corrected chi connectivity index (χ3v) is 9.69. The van der Waals surface area contributed by atoms with Gasteiger partial charge in [0.05, 0.1) is 21.4 Å². The van der Waals surface area contributed by atoms with E-state index in [4.69, 9.17) is 46.4 Å². The van der Waals surface area contributed by atoms with Gasteiger partial charge >= 0.3 is 0 Å². The molecule has 2 fully saturated rings. The van der Waals surface area contributed by atoms with E-state index in [-0.39, 0.29) is 39.1 Å². The lowest BCUT2D eigenvalue weighted by Crippen LogP contribution is -2.42. The number of nitrogens with zero attached hydrogens (tertiary/aromatic N) is 6. The highest BCUT2D eigenvalue weighted by atomic mass is 35.5. The lowest BCUT2D eigenvalue weighted by molar-refractivity contribution is -0.128. The summed E-state index contributed by atoms with van der Waals surface area (Å²) in [5, 5.41) is 10.0. The third-order valence-electron chi connectivity index (χ3n) is 8.61. The monoisotopic (exact) mass is 716 g/mol. The zero-order valence-corrected chi connectivity index (χ0v) is 27.2. The van der Waals surface area contributed by atoms with Gasteiger partial charge in [0, 0.05) is 60.2 Å². The molecule has 6 rings (SSSR count). The number of benzene rings is 2. The van der Waals surface area contributed by atoms with Gasteiger partial charge in [0.25, 0.3) is 12.9 Å². The number of ketones is 1. The van der Waals surface area contributed by atoms with Crippen molar-refractivity contribution < 1.29 is 22.4 Å². The summed E-state index contributed by atoms with van der Waals surface area (Å²) >= 11 is 24.5. The van der Waals surface area contributed by atoms with Gasteiger partial charge in [0.2, 0.25) is 0 Å². The molecule has 46 heavy (non-hydrogen) atoms. The molecule has 0 saturated carbocycles. The molecule has 244 valence electrons. The third kappa shape index (κ3) is 6.70. The average Bonchev–Trinajstić information content (AvgIpc) is 3.67. The number of aromatic nitrogens is 4. The van der Waals surface area contributed by atoms with Crippen LogP contribution in [0.2, 0.25) is 20.1 Å². The highest BCUT2D eigenvalue weighted by Crippen LogP contribution is 2.36. The summed E-state index contributed by atoms with van der Waals surface area (Å²) < 4.78 is 58.0. The fourth-order valence-corrected chi connectivity index (χ4v) is 7.17. The molecule has 0 radical (unpaired) electrons. The fourth-order valence-electron chi connectivity index (χ4n) is 6.20. The summed E-state index contributed by atoms with van der Waals surface area (Å²) in [5.41, 5.74) is 0.0295. The summed E-state index contributed by atoms with van der Waals surface area (Å²) in [4.78, 5) is 17.3. The summed E-state index contributed by atoms with van der Waals surface area (Å²) in [5.74, 6) is 0.641. The summed E-state index contributed by atoms with van der Waals surface area (Å²) in [7, 11) is 0. The summed E-state index contributed by atoms with van der Waals surface area (Å²) in [6, 6.07) is 11.9. The number of anilines is 2. The van der Waals surface area contributed by atoms with Gasteiger partial charge in [0.15, 0.2) is 11.6 Å². The molecule has 2 aliphatic rings. The lowest BCUT2D eigenvalue weighted by Gasteiger charge is -2.36. The normalized spacial score (nSPS) is 16.7. The number of hydrogen-bond donors (Lipinski definition) is 0. The minimum absolute atomic E-state index is 0.160. The first kappa shape index (κ1) is 32.9. The standard InChI is InChI=1S/C31H28Cl4F4N6O/c32-19-1-3-23(21(34)13-19)44-25(30(36)37)15-27(40-44)42-9-5-17(6-10-42)29(46)18-7-11-43(12-8-18)28-16-26(31(38)39)45(41-28)24-4-2-20(33)14-22(24)35/h1-4,13-18,30-31H,5-12H2. The number of carbonyl (C=O) groups is 1. The molecule has 0 aliphatic carbocycles. The molecular weight excluding hydrogens is 690 g/mol. The van der Waals surface area contributed by atoms with Crippen molar-refractivity contribution in [3.63, 3.8) is 0 Å². The molecule has 0 N–H and O–H groups in total. The van der Waals surface area contributed by atoms with Gasteiger partial charge < -0.3 is 9.80 Å². The topological polar surface area (TPSA) is 59.2 Å². The van der Waals surface area contributed by atoms with E-state index < -0.39 is 12.9 Å². The minimum Gasteiger partial charge on any atom is -0.355 e. The van der Waals surface area contributed by atoms with Crippen molar-refractivity contribution >= 4 is 63.8 Å². The number of Topliss-reactive ketones (excluding diaryl/α,β-unsaturated/α-hetero) is 1. The van der Waals surface area contributed by atoms with E-state index >= 15 is 0 Å². The molecule has 0 atom stereocenters. The highest BCUT2D eigenvalue weighted by molar-refractivity contribution is 6.36. The van der Waals surface area contributed by atoms with Gasteiger partial charge in [-0.25, -0.2) is 26.9 Å². The van der Waals surface area contributed by atoms with Crippen LogP contribution in [0.15, 0.2) is 48.5 Å². The predicted octanol–water partition coefficient (Wildman–Crippen LogP) is 9.25. The molecule has 2 aromatic carbocycles. The Balaban J connectivity index is 1.08. The second-order valence-corrected chi connectivity index (χ2v) is 13.1. The second kappa shape index (κ2) is 13.6. The molecule has 0 amide bonds. The number of carbonyl (C=O) groups excluding carboxylic acids is 1. The van der Waals surface area contributed by atoms with Crippen LogP contribution in [0.4, 0.5) is 29.2 Å². The molecule has 7 nitrogen and oxygen atoms in total. The van der Waals surface area contributed by atoms with Crippen LogP contribution in [0, 0.1) is 11.8 Å². The summed E-state index contributed by atoms with van der Waals surface area (Å²) in [6.07, 6.45) is -3.26. The number of hydrogen-bond acceptors (Lipinski definition) is 5. The Bertz CT molecular complexity index is 1610. The Kier molecular flexibility index (Phi) is 9.75. The van der Waals surface area contributed by atoms with Crippen LogP contribution < -0.4 is 9.80 Å². The van der Waals surface area contributed by atoms with Gasteiger partial charge in [-0.05, 0) is 62.1 Å². The molecule has 0 bridgehead atoms. The number of rotatable bonds is 8. The number of halogens is 8. The molecule has 2 aromatic heterocycles. The first-order valence-electron chi connectivity index (χ1n) is 14.7. The maximum Gasteiger partial charge on any atom is 0.280 e. The van der Waals surface area contributed by atoms with Gasteiger partial charge in [-0.3, -0.25) is 4.79 Å². The quantitative estimate of drug-likeness (QED) is 0.170. The molecule has 15 heteroatoms. The van der Waals surface area contributed by atoms with E-state index in [0.29, 0.717) is 84.9 Å². The Morgan fingerprint density at radius 2 is 1.00 bits per heavy atom. The Morgan fingerprint density at radius 3 is 1.33 bits per heavy atom. The van der Waals surface area contributed by atoms with E-state index in [1.54, 1.807) is 24.3 Å². The first-order chi connectivity index (χ1) is 22.0. The molecule has 0 unspecified atom stereocenters. The van der Waals surface area contributed by atoms with Crippen LogP contribution in [0.5, 0.6) is 0 Å². The van der Waals surface area contributed by atoms with E-state index in [9.17, 15) is 22.4 Å². The maximum absolute atomic E-state index is 13.9. The Labute approximate surface area is 282 Å². The molecule has 2 aliphatic heterocycles. The SMILES string of the molecule is O=C(C1CCN(c2cc(C(F)F)n(-c3ccc(Cl)cc3Cl)n2)CC1)C1CCN(c2cc(C(F)F)n(-c3ccc(Cl)cc3Cl)n2)CC1. The minimum atomic E-state index is -2.77. The van der Waals surface area contributed by atoms with Crippen molar-refractivity contribution in [1.82, 2.24) is 19.6 Å². The average molecular weight is 718 g/mol. The lowest BCUT2D eigenvalue weighted by atomic mass is 9.81. The van der Waals surface area contributed by atoms with Crippen molar-refractivity contribution in [3.05, 3.63) is 80.0 Å². The molecular formula is C31H28Cl4F4N6O. The second-order valence-electron chi connectivity index (χ2n) is 11.4. The first-order valence-corrected chi connectivity index (χ1v) is 16.2. The van der Waals surface area contributed by atoms with Crippen LogP contribution in [-0.4, -0.2) is 51.5 Å². The van der Waals surface area contributed by atoms with Crippen LogP contribution in [0.1, 0.15) is 49.9 Å². The van der Waals surface area contributed by atoms with Crippen LogP contribution >= 0.6 is 46.4 Å². The maximum atomic E-state index is 13.9. The smallest absolute Gasteiger partial charge is 0.280 e. The van der Waals surface area contributed by atoms with Gasteiger partial charge in [-0.2, -0.15) is 0 Å². The van der Waals surface area contributed by atoms with E-state index in [0.717, 1.165) is 9.36 Å². The largest absolute Gasteiger partial charge is 0.355 e. The molecule has 4 aromatic rings.